The van der Waals surface area contributed by atoms with Crippen LogP contribution in [0.4, 0.5) is 0 Å². The number of nitrogens with zero attached hydrogens (tertiary/aromatic N) is 2. The van der Waals surface area contributed by atoms with E-state index in [2.05, 4.69) is 10.3 Å². The van der Waals surface area contributed by atoms with Gasteiger partial charge in [0.05, 0.1) is 5.54 Å². The quantitative estimate of drug-likeness (QED) is 0.762. The third-order valence-electron chi connectivity index (χ3n) is 2.84. The standard InChI is InChI=1S/C12H22N4O/c1-4-6-12(2,13)11(17)15-7-5-10-14-8-9-16(10)3/h8-9H,4-7,13H2,1-3H3,(H,15,17). The van der Waals surface area contributed by atoms with Crippen molar-refractivity contribution in [2.24, 2.45) is 12.8 Å². The van der Waals surface area contributed by atoms with E-state index in [1.165, 1.54) is 0 Å². The number of aryl methyl sites for hydroxylation is 1. The van der Waals surface area contributed by atoms with Crippen LogP contribution in [0.15, 0.2) is 12.4 Å². The minimum absolute atomic E-state index is 0.0893. The van der Waals surface area contributed by atoms with E-state index in [-0.39, 0.29) is 5.91 Å². The monoisotopic (exact) mass is 238 g/mol. The normalized spacial score (nSPS) is 14.4. The van der Waals surface area contributed by atoms with E-state index < -0.39 is 5.54 Å². The number of nitrogens with one attached hydrogen (secondary N) is 1. The van der Waals surface area contributed by atoms with Crippen LogP contribution in [0.3, 0.4) is 0 Å². The van der Waals surface area contributed by atoms with Gasteiger partial charge in [0.15, 0.2) is 0 Å². The van der Waals surface area contributed by atoms with Crippen LogP contribution in [0.1, 0.15) is 32.5 Å². The molecule has 1 atom stereocenters. The molecule has 1 rings (SSSR count). The predicted octanol–water partition coefficient (Wildman–Crippen LogP) is 0.596. The Bertz CT molecular complexity index is 370. The van der Waals surface area contributed by atoms with E-state index in [9.17, 15) is 4.79 Å². The molecule has 0 aliphatic rings. The Morgan fingerprint density at radius 2 is 2.35 bits per heavy atom. The maximum atomic E-state index is 11.8. The van der Waals surface area contributed by atoms with Crippen LogP contribution >= 0.6 is 0 Å². The predicted molar refractivity (Wildman–Crippen MR) is 67.4 cm³/mol. The van der Waals surface area contributed by atoms with Crippen molar-refractivity contribution in [2.45, 2.75) is 38.6 Å². The highest BCUT2D eigenvalue weighted by atomic mass is 16.2. The van der Waals surface area contributed by atoms with Crippen molar-refractivity contribution in [3.8, 4) is 0 Å². The molecule has 0 aromatic carbocycles. The van der Waals surface area contributed by atoms with Gasteiger partial charge in [-0.3, -0.25) is 4.79 Å². The number of hydrogen-bond donors (Lipinski definition) is 2. The first-order valence-electron chi connectivity index (χ1n) is 6.00. The number of rotatable bonds is 6. The summed E-state index contributed by atoms with van der Waals surface area (Å²) in [7, 11) is 1.94. The fourth-order valence-electron chi connectivity index (χ4n) is 1.76. The summed E-state index contributed by atoms with van der Waals surface area (Å²) < 4.78 is 1.94. The molecule has 0 saturated carbocycles. The van der Waals surface area contributed by atoms with Gasteiger partial charge in [-0.15, -0.1) is 0 Å². The molecule has 5 heteroatoms. The average molecular weight is 238 g/mol. The van der Waals surface area contributed by atoms with Gasteiger partial charge in [-0.2, -0.15) is 0 Å². The maximum absolute atomic E-state index is 11.8. The molecule has 1 heterocycles. The lowest BCUT2D eigenvalue weighted by molar-refractivity contribution is -0.126. The van der Waals surface area contributed by atoms with Crippen LogP contribution in [0.5, 0.6) is 0 Å². The SMILES string of the molecule is CCCC(C)(N)C(=O)NCCc1nccn1C. The third-order valence-corrected chi connectivity index (χ3v) is 2.84. The van der Waals surface area contributed by atoms with Crippen molar-refractivity contribution in [3.63, 3.8) is 0 Å². The summed E-state index contributed by atoms with van der Waals surface area (Å²) in [5, 5.41) is 2.86. The van der Waals surface area contributed by atoms with Crippen LogP contribution in [0.25, 0.3) is 0 Å². The van der Waals surface area contributed by atoms with Gasteiger partial charge in [-0.05, 0) is 13.3 Å². The van der Waals surface area contributed by atoms with Gasteiger partial charge >= 0.3 is 0 Å². The zero-order valence-electron chi connectivity index (χ0n) is 10.9. The summed E-state index contributed by atoms with van der Waals surface area (Å²) in [4.78, 5) is 16.0. The maximum Gasteiger partial charge on any atom is 0.239 e. The summed E-state index contributed by atoms with van der Waals surface area (Å²) in [6.45, 7) is 4.36. The number of aromatic nitrogens is 2. The summed E-state index contributed by atoms with van der Waals surface area (Å²) in [5.41, 5.74) is 5.16. The highest BCUT2D eigenvalue weighted by Gasteiger charge is 2.26. The Hall–Kier alpha value is -1.36. The van der Waals surface area contributed by atoms with E-state index in [1.807, 2.05) is 24.7 Å². The van der Waals surface area contributed by atoms with Crippen molar-refractivity contribution in [1.82, 2.24) is 14.9 Å². The van der Waals surface area contributed by atoms with Crippen LogP contribution in [-0.4, -0.2) is 27.5 Å². The van der Waals surface area contributed by atoms with Gasteiger partial charge in [0.1, 0.15) is 5.82 Å². The number of imidazole rings is 1. The molecule has 0 aliphatic carbocycles. The van der Waals surface area contributed by atoms with Gasteiger partial charge < -0.3 is 15.6 Å². The molecule has 0 saturated heterocycles. The minimum atomic E-state index is -0.767. The van der Waals surface area contributed by atoms with Crippen molar-refractivity contribution < 1.29 is 4.79 Å². The third kappa shape index (κ3) is 3.85. The molecule has 1 amide bonds. The van der Waals surface area contributed by atoms with Gasteiger partial charge in [0.2, 0.25) is 5.91 Å². The summed E-state index contributed by atoms with van der Waals surface area (Å²) in [5.74, 6) is 0.869. The van der Waals surface area contributed by atoms with Gasteiger partial charge in [0, 0.05) is 32.4 Å². The fraction of sp³-hybridized carbons (Fsp3) is 0.667. The largest absolute Gasteiger partial charge is 0.354 e. The molecule has 1 aromatic rings. The highest BCUT2D eigenvalue weighted by molar-refractivity contribution is 5.85. The molecule has 17 heavy (non-hydrogen) atoms. The number of carbonyl (C=O) groups is 1. The van der Waals surface area contributed by atoms with Crippen LogP contribution in [0.2, 0.25) is 0 Å². The number of carbonyl (C=O) groups excluding carboxylic acids is 1. The molecule has 0 radical (unpaired) electrons. The lowest BCUT2D eigenvalue weighted by Gasteiger charge is -2.22. The Labute approximate surface area is 102 Å². The Balaban J connectivity index is 2.36. The van der Waals surface area contributed by atoms with E-state index >= 15 is 0 Å². The van der Waals surface area contributed by atoms with E-state index in [4.69, 9.17) is 5.73 Å². The van der Waals surface area contributed by atoms with Crippen molar-refractivity contribution in [2.75, 3.05) is 6.54 Å². The lowest BCUT2D eigenvalue weighted by Crippen LogP contribution is -2.51. The fourth-order valence-corrected chi connectivity index (χ4v) is 1.76. The zero-order valence-corrected chi connectivity index (χ0v) is 10.9. The lowest BCUT2D eigenvalue weighted by atomic mass is 9.96. The van der Waals surface area contributed by atoms with E-state index in [1.54, 1.807) is 13.1 Å². The molecule has 5 nitrogen and oxygen atoms in total. The molecule has 0 aliphatic heterocycles. The first-order valence-corrected chi connectivity index (χ1v) is 6.00. The summed E-state index contributed by atoms with van der Waals surface area (Å²) >= 11 is 0. The molecule has 0 spiro atoms. The number of nitrogens with two attached hydrogens (primary N) is 1. The molecule has 3 N–H and O–H groups in total. The molecular formula is C12H22N4O. The average Bonchev–Trinajstić information content (AvgIpc) is 2.64. The minimum Gasteiger partial charge on any atom is -0.354 e. The van der Waals surface area contributed by atoms with Crippen molar-refractivity contribution in [1.29, 1.82) is 0 Å². The topological polar surface area (TPSA) is 72.9 Å². The number of hydrogen-bond acceptors (Lipinski definition) is 3. The highest BCUT2D eigenvalue weighted by Crippen LogP contribution is 2.08. The Kier molecular flexibility index (Phi) is 4.69. The second kappa shape index (κ2) is 5.82. The van der Waals surface area contributed by atoms with E-state index in [0.29, 0.717) is 13.0 Å². The zero-order chi connectivity index (χ0) is 12.9. The molecule has 1 unspecified atom stereocenters. The van der Waals surface area contributed by atoms with E-state index in [0.717, 1.165) is 18.7 Å². The first kappa shape index (κ1) is 13.7. The Morgan fingerprint density at radius 1 is 1.65 bits per heavy atom. The van der Waals surface area contributed by atoms with Crippen molar-refractivity contribution in [3.05, 3.63) is 18.2 Å². The smallest absolute Gasteiger partial charge is 0.239 e. The second-order valence-electron chi connectivity index (χ2n) is 4.63. The molecule has 1 aromatic heterocycles. The Morgan fingerprint density at radius 3 is 2.88 bits per heavy atom. The summed E-state index contributed by atoms with van der Waals surface area (Å²) in [6.07, 6.45) is 5.96. The molecule has 96 valence electrons. The first-order chi connectivity index (χ1) is 7.97. The second-order valence-corrected chi connectivity index (χ2v) is 4.63. The number of amides is 1. The molecule has 0 bridgehead atoms. The summed E-state index contributed by atoms with van der Waals surface area (Å²) in [6, 6.07) is 0. The van der Waals surface area contributed by atoms with Gasteiger partial charge in [-0.25, -0.2) is 4.98 Å². The van der Waals surface area contributed by atoms with Crippen LogP contribution in [-0.2, 0) is 18.3 Å². The molecular weight excluding hydrogens is 216 g/mol. The van der Waals surface area contributed by atoms with Crippen LogP contribution < -0.4 is 11.1 Å². The van der Waals surface area contributed by atoms with Crippen molar-refractivity contribution >= 4 is 5.91 Å². The van der Waals surface area contributed by atoms with Gasteiger partial charge in [0.25, 0.3) is 0 Å². The van der Waals surface area contributed by atoms with Gasteiger partial charge in [-0.1, -0.05) is 13.3 Å². The van der Waals surface area contributed by atoms with Crippen LogP contribution in [0, 0.1) is 0 Å². The molecule has 0 fully saturated rings.